The van der Waals surface area contributed by atoms with Gasteiger partial charge in [0.1, 0.15) is 42.2 Å². The topological polar surface area (TPSA) is 163 Å². The van der Waals surface area contributed by atoms with Gasteiger partial charge in [-0.3, -0.25) is 29.3 Å². The monoisotopic (exact) mass is 917 g/mol. The minimum absolute atomic E-state index is 0.0758. The van der Waals surface area contributed by atoms with Crippen LogP contribution in [0.3, 0.4) is 0 Å². The lowest BCUT2D eigenvalue weighted by Crippen LogP contribution is -2.73. The van der Waals surface area contributed by atoms with Crippen LogP contribution >= 0.6 is 0 Å². The SMILES string of the molecule is CO[C@@H](C)c1ncccc1-c1c2c3cc(ccc3n1CC(F)(F)F)-c1coc(n1)[C@@H](N1CC(C)(OC)C1)[C@H](NC(=O)C13CC(C1)C(C)(C)O3)C(=O)N1N[C@H](C(=O)OCC(C)(C)C2)C2CC1C2. The number of carbonyl (C=O) groups is 3. The van der Waals surface area contributed by atoms with Gasteiger partial charge in [-0.25, -0.2) is 10.4 Å². The number of cyclic esters (lactones) is 1. The quantitative estimate of drug-likeness (QED) is 0.186. The van der Waals surface area contributed by atoms with Crippen molar-refractivity contribution in [2.24, 2.45) is 17.3 Å². The van der Waals surface area contributed by atoms with Gasteiger partial charge in [0.2, 0.25) is 5.89 Å². The number of hydrogen-bond acceptors (Lipinski definition) is 12. The Labute approximate surface area is 381 Å². The van der Waals surface area contributed by atoms with Crippen molar-refractivity contribution in [1.82, 2.24) is 35.2 Å². The molecule has 0 unspecified atom stereocenters. The Kier molecular flexibility index (Phi) is 10.6. The van der Waals surface area contributed by atoms with Gasteiger partial charge < -0.3 is 33.2 Å². The normalized spacial score (nSPS) is 30.4. The zero-order valence-electron chi connectivity index (χ0n) is 38.6. The summed E-state index contributed by atoms with van der Waals surface area (Å²) < 4.78 is 76.0. The Bertz CT molecular complexity index is 2590. The highest BCUT2D eigenvalue weighted by atomic mass is 19.4. The number of oxazole rings is 1. The molecule has 9 heterocycles. The van der Waals surface area contributed by atoms with Crippen LogP contribution in [-0.2, 0) is 46.3 Å². The summed E-state index contributed by atoms with van der Waals surface area (Å²) in [5.41, 5.74) is 3.37. The molecule has 4 atom stereocenters. The summed E-state index contributed by atoms with van der Waals surface area (Å²) in [5.74, 6) is -1.19. The second-order valence-corrected chi connectivity index (χ2v) is 21.1. The average Bonchev–Trinajstić information content (AvgIpc) is 3.97. The molecule has 12 rings (SSSR count). The van der Waals surface area contributed by atoms with Crippen LogP contribution in [0.1, 0.15) is 96.5 Å². The fourth-order valence-corrected chi connectivity index (χ4v) is 11.3. The van der Waals surface area contributed by atoms with Crippen LogP contribution in [0.25, 0.3) is 33.4 Å². The molecule has 354 valence electrons. The van der Waals surface area contributed by atoms with Gasteiger partial charge in [-0.05, 0) is 101 Å². The summed E-state index contributed by atoms with van der Waals surface area (Å²) in [6.07, 6.45) is 0.242. The lowest BCUT2D eigenvalue weighted by atomic mass is 9.69. The molecule has 15 nitrogen and oxygen atoms in total. The molecule has 2 saturated carbocycles. The number of nitrogens with zero attached hydrogens (tertiary/aromatic N) is 5. The zero-order valence-corrected chi connectivity index (χ0v) is 38.6. The third kappa shape index (κ3) is 7.51. The standard InChI is InChI=1S/C48H58F3N7O8/c1-25(62-7)35-30(10-9-13-52-35)38-32-19-44(2,3)24-65-42(60)36-27-14-29(15-27)58(55-36)41(59)37(54-43(61)47-17-28(18-47)45(4,5)66-47)39(56-21-46(6,22-56)63-8)40-53-33(20-64-40)26-11-12-34(31(32)16-26)57(38)23-48(49,50)51/h9-13,16,20,25,27-29,36-37,39,55H,14-15,17-19,21-24H2,1-8H3,(H,54,61)/t25-,27?,28?,29?,36-,37-,39-,47?/m0/s1. The summed E-state index contributed by atoms with van der Waals surface area (Å²) in [5, 5.41) is 5.15. The van der Waals surface area contributed by atoms with Crippen molar-refractivity contribution in [2.45, 2.75) is 133 Å². The molecule has 1 aromatic carbocycles. The summed E-state index contributed by atoms with van der Waals surface area (Å²) in [7, 11) is 3.15. The molecule has 2 aliphatic carbocycles. The lowest BCUT2D eigenvalue weighted by Gasteiger charge is -2.55. The van der Waals surface area contributed by atoms with E-state index in [0.717, 1.165) is 0 Å². The number of aromatic nitrogens is 3. The first kappa shape index (κ1) is 44.9. The maximum absolute atomic E-state index is 15.3. The maximum Gasteiger partial charge on any atom is 0.406 e. The predicted octanol–water partition coefficient (Wildman–Crippen LogP) is 6.45. The number of benzene rings is 1. The number of hydrogen-bond donors (Lipinski definition) is 2. The molecule has 18 heteroatoms. The Balaban J connectivity index is 1.15. The molecular weight excluding hydrogens is 860 g/mol. The van der Waals surface area contributed by atoms with E-state index in [0.29, 0.717) is 83.4 Å². The Morgan fingerprint density at radius 2 is 1.82 bits per heavy atom. The zero-order chi connectivity index (χ0) is 46.9. The van der Waals surface area contributed by atoms with E-state index in [4.69, 9.17) is 28.3 Å². The van der Waals surface area contributed by atoms with E-state index in [9.17, 15) is 22.8 Å². The smallest absolute Gasteiger partial charge is 0.406 e. The first-order valence-electron chi connectivity index (χ1n) is 22.8. The van der Waals surface area contributed by atoms with E-state index in [1.165, 1.54) is 22.9 Å². The number of likely N-dealkylation sites (tertiary alicyclic amines) is 1. The minimum Gasteiger partial charge on any atom is -0.464 e. The predicted molar refractivity (Wildman–Crippen MR) is 233 cm³/mol. The number of hydrazine groups is 1. The summed E-state index contributed by atoms with van der Waals surface area (Å²) in [6, 6.07) is 5.30. The number of alkyl halides is 3. The van der Waals surface area contributed by atoms with Gasteiger partial charge in [-0.2, -0.15) is 13.2 Å². The molecule has 2 N–H and O–H groups in total. The Hall–Kier alpha value is -4.88. The summed E-state index contributed by atoms with van der Waals surface area (Å²) >= 11 is 0. The second-order valence-electron chi connectivity index (χ2n) is 21.1. The van der Waals surface area contributed by atoms with Gasteiger partial charge in [0.15, 0.2) is 0 Å². The lowest BCUT2D eigenvalue weighted by molar-refractivity contribution is -0.176. The van der Waals surface area contributed by atoms with Crippen molar-refractivity contribution in [1.29, 1.82) is 0 Å². The first-order valence-corrected chi connectivity index (χ1v) is 22.8. The van der Waals surface area contributed by atoms with Gasteiger partial charge in [-0.1, -0.05) is 19.9 Å². The van der Waals surface area contributed by atoms with Crippen molar-refractivity contribution in [3.63, 3.8) is 0 Å². The van der Waals surface area contributed by atoms with Crippen LogP contribution in [0.5, 0.6) is 0 Å². The molecular formula is C48H58F3N7O8. The number of methoxy groups -OCH3 is 2. The summed E-state index contributed by atoms with van der Waals surface area (Å²) in [4.78, 5) is 55.7. The summed E-state index contributed by atoms with van der Waals surface area (Å²) in [6.45, 7) is 10.9. The van der Waals surface area contributed by atoms with Gasteiger partial charge in [0.05, 0.1) is 35.3 Å². The number of fused-ring (bicyclic) bond motifs is 5. The highest BCUT2D eigenvalue weighted by Gasteiger charge is 2.66. The number of esters is 1. The number of carbonyl (C=O) groups excluding carboxylic acids is 3. The average molecular weight is 918 g/mol. The van der Waals surface area contributed by atoms with Crippen LogP contribution in [0.2, 0.25) is 0 Å². The highest BCUT2D eigenvalue weighted by molar-refractivity contribution is 5.96. The fraction of sp³-hybridized carbons (Fsp3) is 0.604. The van der Waals surface area contributed by atoms with E-state index in [1.54, 1.807) is 44.5 Å². The minimum atomic E-state index is -4.60. The Morgan fingerprint density at radius 3 is 2.48 bits per heavy atom. The molecule has 4 aromatic rings. The van der Waals surface area contributed by atoms with Crippen molar-refractivity contribution in [3.8, 4) is 22.5 Å². The molecule has 0 spiro atoms. The largest absolute Gasteiger partial charge is 0.464 e. The molecule has 8 aliphatic rings. The van der Waals surface area contributed by atoms with Gasteiger partial charge >= 0.3 is 12.1 Å². The number of pyridine rings is 1. The van der Waals surface area contributed by atoms with Crippen LogP contribution in [0.15, 0.2) is 47.2 Å². The van der Waals surface area contributed by atoms with Crippen LogP contribution in [0.4, 0.5) is 13.2 Å². The van der Waals surface area contributed by atoms with Crippen molar-refractivity contribution < 1.29 is 50.9 Å². The van der Waals surface area contributed by atoms with Crippen molar-refractivity contribution in [3.05, 3.63) is 59.9 Å². The van der Waals surface area contributed by atoms with Crippen LogP contribution in [-0.4, -0.2) is 117 Å². The molecule has 10 bridgehead atoms. The molecule has 7 fully saturated rings. The highest BCUT2D eigenvalue weighted by Crippen LogP contribution is 2.58. The van der Waals surface area contributed by atoms with Gasteiger partial charge in [-0.15, -0.1) is 0 Å². The number of ether oxygens (including phenoxy) is 4. The van der Waals surface area contributed by atoms with Gasteiger partial charge in [0, 0.05) is 67.0 Å². The molecule has 66 heavy (non-hydrogen) atoms. The van der Waals surface area contributed by atoms with E-state index < -0.39 is 77.0 Å². The van der Waals surface area contributed by atoms with Crippen LogP contribution in [0, 0.1) is 17.3 Å². The number of nitrogens with one attached hydrogen (secondary N) is 2. The number of halogens is 3. The third-order valence-electron chi connectivity index (χ3n) is 15.3. The van der Waals surface area contributed by atoms with E-state index >= 15 is 4.79 Å². The van der Waals surface area contributed by atoms with Crippen molar-refractivity contribution >= 4 is 28.7 Å². The van der Waals surface area contributed by atoms with E-state index in [-0.39, 0.29) is 36.8 Å². The van der Waals surface area contributed by atoms with Crippen molar-refractivity contribution in [2.75, 3.05) is 33.9 Å². The van der Waals surface area contributed by atoms with E-state index in [1.807, 2.05) is 45.6 Å². The Morgan fingerprint density at radius 1 is 1.08 bits per heavy atom. The number of amides is 2. The van der Waals surface area contributed by atoms with Gasteiger partial charge in [0.25, 0.3) is 11.8 Å². The molecule has 0 radical (unpaired) electrons. The van der Waals surface area contributed by atoms with E-state index in [2.05, 4.69) is 15.7 Å². The third-order valence-corrected chi connectivity index (χ3v) is 15.3. The molecule has 5 saturated heterocycles. The fourth-order valence-electron chi connectivity index (χ4n) is 11.3. The maximum atomic E-state index is 15.3. The first-order chi connectivity index (χ1) is 31.1. The number of rotatable bonds is 8. The second kappa shape index (κ2) is 15.6. The van der Waals surface area contributed by atoms with Crippen LogP contribution < -0.4 is 10.7 Å². The molecule has 6 aliphatic heterocycles. The molecule has 3 aromatic heterocycles. The molecule has 2 amide bonds.